The largest absolute Gasteiger partial charge is 0.335 e. The molecule has 0 aromatic carbocycles. The summed E-state index contributed by atoms with van der Waals surface area (Å²) in [5.41, 5.74) is 0.494. The topological polar surface area (TPSA) is 33.2 Å². The van der Waals surface area contributed by atoms with Gasteiger partial charge in [-0.25, -0.2) is 4.98 Å². The maximum atomic E-state index is 12.3. The van der Waals surface area contributed by atoms with E-state index in [9.17, 15) is 4.79 Å². The minimum atomic E-state index is -0.00463. The maximum Gasteiger partial charge on any atom is 0.272 e. The van der Waals surface area contributed by atoms with E-state index >= 15 is 0 Å². The molecule has 1 rings (SSSR count). The second kappa shape index (κ2) is 6.15. The van der Waals surface area contributed by atoms with Crippen LogP contribution in [0.2, 0.25) is 0 Å². The summed E-state index contributed by atoms with van der Waals surface area (Å²) in [6, 6.07) is 5.59. The Morgan fingerprint density at radius 1 is 1.35 bits per heavy atom. The van der Waals surface area contributed by atoms with Crippen LogP contribution in [-0.4, -0.2) is 28.4 Å². The number of rotatable bonds is 4. The quantitative estimate of drug-likeness (QED) is 0.799. The normalized spacial score (nSPS) is 11.0. The molecule has 3 nitrogen and oxygen atoms in total. The summed E-state index contributed by atoms with van der Waals surface area (Å²) in [4.78, 5) is 18.4. The van der Waals surface area contributed by atoms with E-state index in [-0.39, 0.29) is 11.9 Å². The van der Waals surface area contributed by atoms with E-state index in [1.54, 1.807) is 6.07 Å². The molecule has 0 radical (unpaired) electrons. The average Bonchev–Trinajstić information content (AvgIpc) is 2.24. The number of pyridine rings is 1. The zero-order chi connectivity index (χ0) is 13.0. The summed E-state index contributed by atoms with van der Waals surface area (Å²) in [6.45, 7) is 9.02. The van der Waals surface area contributed by atoms with Crippen molar-refractivity contribution in [1.82, 2.24) is 9.88 Å². The molecule has 1 heterocycles. The lowest BCUT2D eigenvalue weighted by Gasteiger charge is -2.28. The molecule has 0 aliphatic carbocycles. The lowest BCUT2D eigenvalue weighted by molar-refractivity contribution is 0.0675. The third kappa shape index (κ3) is 4.11. The van der Waals surface area contributed by atoms with E-state index in [1.165, 1.54) is 0 Å². The SMILES string of the molecule is CC(C)CN(C(=O)c1cccc(Br)n1)C(C)C. The number of carbonyl (C=O) groups excluding carboxylic acids is 1. The molecule has 17 heavy (non-hydrogen) atoms. The molecule has 0 saturated heterocycles. The van der Waals surface area contributed by atoms with Gasteiger partial charge in [-0.2, -0.15) is 0 Å². The fourth-order valence-electron chi connectivity index (χ4n) is 1.60. The van der Waals surface area contributed by atoms with E-state index in [0.29, 0.717) is 16.2 Å². The van der Waals surface area contributed by atoms with Gasteiger partial charge in [-0.15, -0.1) is 0 Å². The number of hydrogen-bond donors (Lipinski definition) is 0. The summed E-state index contributed by atoms with van der Waals surface area (Å²) in [6.07, 6.45) is 0. The molecular formula is C13H19BrN2O. The van der Waals surface area contributed by atoms with Gasteiger partial charge in [0.15, 0.2) is 0 Å². The third-order valence-corrected chi connectivity index (χ3v) is 2.82. The minimum absolute atomic E-state index is 0.00463. The van der Waals surface area contributed by atoms with Gasteiger partial charge in [0, 0.05) is 12.6 Å². The molecule has 1 aromatic heterocycles. The Bertz CT molecular complexity index is 391. The van der Waals surface area contributed by atoms with E-state index < -0.39 is 0 Å². The number of nitrogens with zero attached hydrogens (tertiary/aromatic N) is 2. The average molecular weight is 299 g/mol. The smallest absolute Gasteiger partial charge is 0.272 e. The van der Waals surface area contributed by atoms with Gasteiger partial charge in [0.1, 0.15) is 10.3 Å². The molecule has 0 N–H and O–H groups in total. The van der Waals surface area contributed by atoms with Crippen molar-refractivity contribution in [3.8, 4) is 0 Å². The molecule has 1 amide bonds. The first-order chi connectivity index (χ1) is 7.91. The molecule has 0 spiro atoms. The van der Waals surface area contributed by atoms with Crippen molar-refractivity contribution in [2.24, 2.45) is 5.92 Å². The van der Waals surface area contributed by atoms with Gasteiger partial charge >= 0.3 is 0 Å². The molecule has 4 heteroatoms. The number of halogens is 1. The van der Waals surface area contributed by atoms with Crippen molar-refractivity contribution < 1.29 is 4.79 Å². The van der Waals surface area contributed by atoms with Crippen LogP contribution in [0, 0.1) is 5.92 Å². The monoisotopic (exact) mass is 298 g/mol. The Morgan fingerprint density at radius 3 is 2.47 bits per heavy atom. The van der Waals surface area contributed by atoms with Gasteiger partial charge < -0.3 is 4.90 Å². The fourth-order valence-corrected chi connectivity index (χ4v) is 1.94. The summed E-state index contributed by atoms with van der Waals surface area (Å²) >= 11 is 3.29. The first-order valence-electron chi connectivity index (χ1n) is 5.85. The van der Waals surface area contributed by atoms with Crippen LogP contribution in [0.4, 0.5) is 0 Å². The summed E-state index contributed by atoms with van der Waals surface area (Å²) in [5.74, 6) is 0.448. The summed E-state index contributed by atoms with van der Waals surface area (Å²) in [7, 11) is 0. The van der Waals surface area contributed by atoms with Crippen molar-refractivity contribution >= 4 is 21.8 Å². The van der Waals surface area contributed by atoms with Crippen LogP contribution in [0.3, 0.4) is 0 Å². The second-order valence-electron chi connectivity index (χ2n) is 4.79. The first-order valence-corrected chi connectivity index (χ1v) is 6.64. The number of hydrogen-bond acceptors (Lipinski definition) is 2. The number of aromatic nitrogens is 1. The van der Waals surface area contributed by atoms with Crippen LogP contribution in [0.5, 0.6) is 0 Å². The Labute approximate surface area is 111 Å². The van der Waals surface area contributed by atoms with Crippen LogP contribution in [-0.2, 0) is 0 Å². The van der Waals surface area contributed by atoms with E-state index in [0.717, 1.165) is 6.54 Å². The first kappa shape index (κ1) is 14.2. The van der Waals surface area contributed by atoms with Crippen LogP contribution in [0.25, 0.3) is 0 Å². The van der Waals surface area contributed by atoms with Crippen molar-refractivity contribution in [3.63, 3.8) is 0 Å². The van der Waals surface area contributed by atoms with Crippen molar-refractivity contribution in [1.29, 1.82) is 0 Å². The van der Waals surface area contributed by atoms with Crippen molar-refractivity contribution in [2.45, 2.75) is 33.7 Å². The van der Waals surface area contributed by atoms with Crippen LogP contribution in [0.15, 0.2) is 22.8 Å². The predicted molar refractivity (Wildman–Crippen MR) is 72.9 cm³/mol. The van der Waals surface area contributed by atoms with Gasteiger partial charge in [0.05, 0.1) is 0 Å². The van der Waals surface area contributed by atoms with Crippen molar-refractivity contribution in [3.05, 3.63) is 28.5 Å². The molecule has 0 saturated carbocycles. The predicted octanol–water partition coefficient (Wildman–Crippen LogP) is 3.35. The highest BCUT2D eigenvalue weighted by atomic mass is 79.9. The molecule has 0 unspecified atom stereocenters. The highest BCUT2D eigenvalue weighted by Crippen LogP contribution is 2.12. The summed E-state index contributed by atoms with van der Waals surface area (Å²) in [5, 5.41) is 0. The Morgan fingerprint density at radius 2 is 2.00 bits per heavy atom. The standard InChI is InChI=1S/C13H19BrN2O/c1-9(2)8-16(10(3)4)13(17)11-6-5-7-12(14)15-11/h5-7,9-10H,8H2,1-4H3. The molecular weight excluding hydrogens is 280 g/mol. The molecule has 94 valence electrons. The highest BCUT2D eigenvalue weighted by Gasteiger charge is 2.20. The Balaban J connectivity index is 2.92. The van der Waals surface area contributed by atoms with Gasteiger partial charge in [-0.05, 0) is 47.8 Å². The van der Waals surface area contributed by atoms with Gasteiger partial charge in [-0.3, -0.25) is 4.79 Å². The van der Waals surface area contributed by atoms with Gasteiger partial charge in [-0.1, -0.05) is 19.9 Å². The minimum Gasteiger partial charge on any atom is -0.335 e. The Hall–Kier alpha value is -0.900. The van der Waals surface area contributed by atoms with E-state index in [4.69, 9.17) is 0 Å². The van der Waals surface area contributed by atoms with E-state index in [2.05, 4.69) is 34.8 Å². The molecule has 0 atom stereocenters. The zero-order valence-corrected chi connectivity index (χ0v) is 12.4. The third-order valence-electron chi connectivity index (χ3n) is 2.38. The second-order valence-corrected chi connectivity index (χ2v) is 5.60. The summed E-state index contributed by atoms with van der Waals surface area (Å²) < 4.78 is 0.691. The highest BCUT2D eigenvalue weighted by molar-refractivity contribution is 9.10. The molecule has 0 bridgehead atoms. The number of amides is 1. The Kier molecular flexibility index (Phi) is 5.12. The maximum absolute atomic E-state index is 12.3. The zero-order valence-electron chi connectivity index (χ0n) is 10.8. The lowest BCUT2D eigenvalue weighted by Crippen LogP contribution is -2.39. The van der Waals surface area contributed by atoms with Gasteiger partial charge in [0.25, 0.3) is 5.91 Å². The fraction of sp³-hybridized carbons (Fsp3) is 0.538. The molecule has 0 fully saturated rings. The van der Waals surface area contributed by atoms with Crippen LogP contribution < -0.4 is 0 Å². The lowest BCUT2D eigenvalue weighted by atomic mass is 10.1. The molecule has 0 aliphatic heterocycles. The molecule has 0 aliphatic rings. The number of carbonyl (C=O) groups is 1. The van der Waals surface area contributed by atoms with E-state index in [1.807, 2.05) is 30.9 Å². The van der Waals surface area contributed by atoms with Crippen LogP contribution >= 0.6 is 15.9 Å². The molecule has 1 aromatic rings. The van der Waals surface area contributed by atoms with Gasteiger partial charge in [0.2, 0.25) is 0 Å². The van der Waals surface area contributed by atoms with Crippen LogP contribution in [0.1, 0.15) is 38.2 Å². The van der Waals surface area contributed by atoms with Crippen molar-refractivity contribution in [2.75, 3.05) is 6.54 Å².